The van der Waals surface area contributed by atoms with Crippen LogP contribution >= 0.6 is 27.3 Å². The second-order valence-corrected chi connectivity index (χ2v) is 6.71. The molecule has 1 unspecified atom stereocenters. The molecule has 3 rings (SSSR count). The molecule has 2 heterocycles. The van der Waals surface area contributed by atoms with Gasteiger partial charge in [-0.1, -0.05) is 0 Å². The minimum Gasteiger partial charge on any atom is -0.331 e. The lowest BCUT2D eigenvalue weighted by Crippen LogP contribution is -2.38. The van der Waals surface area contributed by atoms with Crippen molar-refractivity contribution in [1.29, 1.82) is 0 Å². The fraction of sp³-hybridized carbons (Fsp3) is 0.267. The van der Waals surface area contributed by atoms with Gasteiger partial charge in [0.1, 0.15) is 5.82 Å². The SMILES string of the molecule is CC1c2ccsc2CCN1C(=O)c1ccc(F)c(Br)c1. The van der Waals surface area contributed by atoms with E-state index in [1.165, 1.54) is 22.6 Å². The molecule has 1 aromatic heterocycles. The summed E-state index contributed by atoms with van der Waals surface area (Å²) in [5.74, 6) is -0.400. The number of nitrogens with zero attached hydrogens (tertiary/aromatic N) is 1. The second-order valence-electron chi connectivity index (χ2n) is 4.85. The summed E-state index contributed by atoms with van der Waals surface area (Å²) in [6.07, 6.45) is 0.894. The lowest BCUT2D eigenvalue weighted by Gasteiger charge is -2.33. The summed E-state index contributed by atoms with van der Waals surface area (Å²) in [5.41, 5.74) is 1.75. The monoisotopic (exact) mass is 353 g/mol. The van der Waals surface area contributed by atoms with Gasteiger partial charge in [0.05, 0.1) is 10.5 Å². The van der Waals surface area contributed by atoms with E-state index in [4.69, 9.17) is 0 Å². The first-order chi connectivity index (χ1) is 9.58. The quantitative estimate of drug-likeness (QED) is 0.743. The highest BCUT2D eigenvalue weighted by molar-refractivity contribution is 9.10. The summed E-state index contributed by atoms with van der Waals surface area (Å²) in [7, 11) is 0. The highest BCUT2D eigenvalue weighted by Crippen LogP contribution is 2.33. The van der Waals surface area contributed by atoms with Crippen molar-refractivity contribution in [3.63, 3.8) is 0 Å². The number of rotatable bonds is 1. The molecule has 20 heavy (non-hydrogen) atoms. The number of hydrogen-bond donors (Lipinski definition) is 0. The lowest BCUT2D eigenvalue weighted by atomic mass is 10.0. The van der Waals surface area contributed by atoms with Gasteiger partial charge >= 0.3 is 0 Å². The standard InChI is InChI=1S/C15H13BrFNOS/c1-9-11-5-7-20-14(11)4-6-18(9)15(19)10-2-3-13(17)12(16)8-10/h2-3,5,7-9H,4,6H2,1H3. The van der Waals surface area contributed by atoms with Crippen molar-refractivity contribution in [2.75, 3.05) is 6.54 Å². The van der Waals surface area contributed by atoms with Gasteiger partial charge in [-0.3, -0.25) is 4.79 Å². The predicted octanol–water partition coefficient (Wildman–Crippen LogP) is 4.41. The Morgan fingerprint density at radius 2 is 2.25 bits per heavy atom. The van der Waals surface area contributed by atoms with Crippen molar-refractivity contribution < 1.29 is 9.18 Å². The Hall–Kier alpha value is -1.20. The second kappa shape index (κ2) is 5.30. The van der Waals surface area contributed by atoms with Crippen molar-refractivity contribution in [1.82, 2.24) is 4.90 Å². The van der Waals surface area contributed by atoms with Gasteiger partial charge in [-0.15, -0.1) is 11.3 Å². The maximum absolute atomic E-state index is 13.3. The van der Waals surface area contributed by atoms with Crippen LogP contribution in [0.15, 0.2) is 34.1 Å². The van der Waals surface area contributed by atoms with Crippen LogP contribution in [0.3, 0.4) is 0 Å². The highest BCUT2D eigenvalue weighted by atomic mass is 79.9. The molecule has 0 radical (unpaired) electrons. The predicted molar refractivity (Wildman–Crippen MR) is 81.6 cm³/mol. The van der Waals surface area contributed by atoms with Crippen LogP contribution in [0.5, 0.6) is 0 Å². The van der Waals surface area contributed by atoms with Gasteiger partial charge in [0, 0.05) is 17.0 Å². The topological polar surface area (TPSA) is 20.3 Å². The number of halogens is 2. The van der Waals surface area contributed by atoms with Gasteiger partial charge in [0.2, 0.25) is 0 Å². The summed E-state index contributed by atoms with van der Waals surface area (Å²) in [4.78, 5) is 15.8. The number of benzene rings is 1. The summed E-state index contributed by atoms with van der Waals surface area (Å²) >= 11 is 4.88. The molecule has 104 valence electrons. The highest BCUT2D eigenvalue weighted by Gasteiger charge is 2.29. The van der Waals surface area contributed by atoms with E-state index in [0.29, 0.717) is 16.6 Å². The first kappa shape index (κ1) is 13.8. The molecule has 0 aliphatic carbocycles. The fourth-order valence-corrected chi connectivity index (χ4v) is 3.92. The van der Waals surface area contributed by atoms with Gasteiger partial charge in [-0.2, -0.15) is 0 Å². The fourth-order valence-electron chi connectivity index (χ4n) is 2.58. The number of carbonyl (C=O) groups excluding carboxylic acids is 1. The number of fused-ring (bicyclic) bond motifs is 1. The molecule has 5 heteroatoms. The first-order valence-electron chi connectivity index (χ1n) is 6.40. The smallest absolute Gasteiger partial charge is 0.254 e. The molecule has 2 aromatic rings. The van der Waals surface area contributed by atoms with Crippen LogP contribution in [-0.2, 0) is 6.42 Å². The normalized spacial score (nSPS) is 17.9. The van der Waals surface area contributed by atoms with E-state index in [1.54, 1.807) is 17.4 Å². The minimum absolute atomic E-state index is 0.0462. The Morgan fingerprint density at radius 1 is 1.45 bits per heavy atom. The van der Waals surface area contributed by atoms with Gasteiger partial charge in [0.15, 0.2) is 0 Å². The van der Waals surface area contributed by atoms with E-state index >= 15 is 0 Å². The van der Waals surface area contributed by atoms with E-state index in [-0.39, 0.29) is 17.8 Å². The van der Waals surface area contributed by atoms with E-state index in [0.717, 1.165) is 6.42 Å². The molecule has 0 spiro atoms. The summed E-state index contributed by atoms with van der Waals surface area (Å²) < 4.78 is 13.6. The molecule has 0 saturated carbocycles. The molecule has 0 fully saturated rings. The Labute approximate surface area is 129 Å². The van der Waals surface area contributed by atoms with E-state index in [2.05, 4.69) is 27.4 Å². The van der Waals surface area contributed by atoms with Crippen LogP contribution in [0.4, 0.5) is 4.39 Å². The van der Waals surface area contributed by atoms with E-state index in [9.17, 15) is 9.18 Å². The van der Waals surface area contributed by atoms with Crippen molar-refractivity contribution in [3.8, 4) is 0 Å². The van der Waals surface area contributed by atoms with Crippen molar-refractivity contribution in [2.24, 2.45) is 0 Å². The van der Waals surface area contributed by atoms with E-state index < -0.39 is 0 Å². The number of hydrogen-bond acceptors (Lipinski definition) is 2. The maximum Gasteiger partial charge on any atom is 0.254 e. The third-order valence-electron chi connectivity index (χ3n) is 3.70. The Morgan fingerprint density at radius 3 is 3.00 bits per heavy atom. The number of carbonyl (C=O) groups is 1. The molecule has 2 nitrogen and oxygen atoms in total. The van der Waals surface area contributed by atoms with E-state index in [1.807, 2.05) is 11.8 Å². The van der Waals surface area contributed by atoms with Crippen LogP contribution in [0.2, 0.25) is 0 Å². The molecular weight excluding hydrogens is 341 g/mol. The maximum atomic E-state index is 13.3. The molecule has 0 N–H and O–H groups in total. The Bertz CT molecular complexity index is 670. The van der Waals surface area contributed by atoms with Crippen LogP contribution in [0.25, 0.3) is 0 Å². The van der Waals surface area contributed by atoms with Crippen molar-refractivity contribution in [3.05, 3.63) is 55.9 Å². The molecular formula is C15H13BrFNOS. The summed E-state index contributed by atoms with van der Waals surface area (Å²) in [5, 5.41) is 2.07. The third-order valence-corrected chi connectivity index (χ3v) is 5.31. The molecule has 0 saturated heterocycles. The Kier molecular flexibility index (Phi) is 3.65. The zero-order chi connectivity index (χ0) is 14.3. The van der Waals surface area contributed by atoms with Crippen LogP contribution in [-0.4, -0.2) is 17.4 Å². The number of amides is 1. The zero-order valence-corrected chi connectivity index (χ0v) is 13.3. The van der Waals surface area contributed by atoms with Gasteiger partial charge < -0.3 is 4.90 Å². The summed E-state index contributed by atoms with van der Waals surface area (Å²) in [6.45, 7) is 2.75. The lowest BCUT2D eigenvalue weighted by molar-refractivity contribution is 0.0679. The van der Waals surface area contributed by atoms with Crippen molar-refractivity contribution in [2.45, 2.75) is 19.4 Å². The molecule has 1 aromatic carbocycles. The minimum atomic E-state index is -0.353. The van der Waals surface area contributed by atoms with Gasteiger partial charge in [-0.05, 0) is 64.5 Å². The average molecular weight is 354 g/mol. The molecule has 0 bridgehead atoms. The molecule has 1 aliphatic heterocycles. The Balaban J connectivity index is 1.90. The summed E-state index contributed by atoms with van der Waals surface area (Å²) in [6, 6.07) is 6.57. The van der Waals surface area contributed by atoms with Gasteiger partial charge in [-0.25, -0.2) is 4.39 Å². The molecule has 1 atom stereocenters. The molecule has 1 amide bonds. The van der Waals surface area contributed by atoms with Gasteiger partial charge in [0.25, 0.3) is 5.91 Å². The van der Waals surface area contributed by atoms with Crippen LogP contribution in [0, 0.1) is 5.82 Å². The first-order valence-corrected chi connectivity index (χ1v) is 8.07. The molecule has 1 aliphatic rings. The van der Waals surface area contributed by atoms with Crippen molar-refractivity contribution >= 4 is 33.2 Å². The largest absolute Gasteiger partial charge is 0.331 e. The third kappa shape index (κ3) is 2.29. The van der Waals surface area contributed by atoms with Crippen LogP contribution in [0.1, 0.15) is 33.8 Å². The average Bonchev–Trinajstić information content (AvgIpc) is 2.91. The zero-order valence-electron chi connectivity index (χ0n) is 10.9. The van der Waals surface area contributed by atoms with Crippen LogP contribution < -0.4 is 0 Å². The number of thiophene rings is 1.